The standard InChI is InChI=1S/C14H18N2O3/c1-10-3-5-12(6-4-10)16-7-11(2)15(8-13(16)17)9-14(18)19/h3-6,11H,7-9H2,1-2H3,(H,18,19). The maximum absolute atomic E-state index is 12.1. The number of hydrogen-bond donors (Lipinski definition) is 1. The Labute approximate surface area is 112 Å². The van der Waals surface area contributed by atoms with E-state index in [2.05, 4.69) is 0 Å². The van der Waals surface area contributed by atoms with E-state index in [0.29, 0.717) is 6.54 Å². The highest BCUT2D eigenvalue weighted by Crippen LogP contribution is 2.20. The van der Waals surface area contributed by atoms with Gasteiger partial charge in [-0.15, -0.1) is 0 Å². The Balaban J connectivity index is 2.12. The normalized spacial score (nSPS) is 20.6. The topological polar surface area (TPSA) is 60.9 Å². The van der Waals surface area contributed by atoms with Crippen LogP contribution in [0.1, 0.15) is 12.5 Å². The Morgan fingerprint density at radius 1 is 1.37 bits per heavy atom. The zero-order valence-electron chi connectivity index (χ0n) is 11.2. The summed E-state index contributed by atoms with van der Waals surface area (Å²) < 4.78 is 0. The van der Waals surface area contributed by atoms with Gasteiger partial charge in [-0.3, -0.25) is 14.5 Å². The van der Waals surface area contributed by atoms with Gasteiger partial charge in [-0.1, -0.05) is 17.7 Å². The summed E-state index contributed by atoms with van der Waals surface area (Å²) in [5, 5.41) is 8.82. The summed E-state index contributed by atoms with van der Waals surface area (Å²) in [6, 6.07) is 7.82. The van der Waals surface area contributed by atoms with Crippen molar-refractivity contribution in [2.24, 2.45) is 0 Å². The second kappa shape index (κ2) is 5.40. The van der Waals surface area contributed by atoms with E-state index < -0.39 is 5.97 Å². The number of carbonyl (C=O) groups is 2. The zero-order chi connectivity index (χ0) is 14.0. The lowest BCUT2D eigenvalue weighted by atomic mass is 10.1. The lowest BCUT2D eigenvalue weighted by molar-refractivity contribution is -0.139. The third kappa shape index (κ3) is 3.12. The van der Waals surface area contributed by atoms with Gasteiger partial charge >= 0.3 is 5.97 Å². The highest BCUT2D eigenvalue weighted by molar-refractivity contribution is 5.96. The highest BCUT2D eigenvalue weighted by atomic mass is 16.4. The number of hydrogen-bond acceptors (Lipinski definition) is 3. The molecule has 102 valence electrons. The van der Waals surface area contributed by atoms with Gasteiger partial charge in [0.1, 0.15) is 0 Å². The number of aliphatic carboxylic acids is 1. The van der Waals surface area contributed by atoms with Crippen molar-refractivity contribution in [2.45, 2.75) is 19.9 Å². The van der Waals surface area contributed by atoms with E-state index in [-0.39, 0.29) is 25.0 Å². The fourth-order valence-corrected chi connectivity index (χ4v) is 2.26. The summed E-state index contributed by atoms with van der Waals surface area (Å²) in [6.45, 7) is 4.53. The highest BCUT2D eigenvalue weighted by Gasteiger charge is 2.31. The lowest BCUT2D eigenvalue weighted by Gasteiger charge is -2.38. The molecule has 1 fully saturated rings. The first-order valence-electron chi connectivity index (χ1n) is 6.30. The third-order valence-corrected chi connectivity index (χ3v) is 3.39. The number of carboxylic acid groups (broad SMARTS) is 1. The molecule has 5 nitrogen and oxygen atoms in total. The van der Waals surface area contributed by atoms with Gasteiger partial charge in [0.05, 0.1) is 13.1 Å². The van der Waals surface area contributed by atoms with Crippen molar-refractivity contribution in [1.82, 2.24) is 4.90 Å². The molecule has 1 heterocycles. The summed E-state index contributed by atoms with van der Waals surface area (Å²) in [4.78, 5) is 26.3. The number of carbonyl (C=O) groups excluding carboxylic acids is 1. The molecule has 1 atom stereocenters. The molecule has 1 saturated heterocycles. The van der Waals surface area contributed by atoms with Gasteiger partial charge in [0, 0.05) is 18.3 Å². The van der Waals surface area contributed by atoms with Gasteiger partial charge in [0.2, 0.25) is 5.91 Å². The molecule has 1 N–H and O–H groups in total. The Morgan fingerprint density at radius 2 is 2.00 bits per heavy atom. The molecule has 19 heavy (non-hydrogen) atoms. The van der Waals surface area contributed by atoms with Gasteiger partial charge < -0.3 is 10.0 Å². The quantitative estimate of drug-likeness (QED) is 0.886. The molecule has 5 heteroatoms. The fourth-order valence-electron chi connectivity index (χ4n) is 2.26. The van der Waals surface area contributed by atoms with Crippen molar-refractivity contribution in [3.05, 3.63) is 29.8 Å². The van der Waals surface area contributed by atoms with Crippen LogP contribution in [0.4, 0.5) is 5.69 Å². The summed E-state index contributed by atoms with van der Waals surface area (Å²) in [6.07, 6.45) is 0. The molecule has 0 saturated carbocycles. The number of anilines is 1. The van der Waals surface area contributed by atoms with E-state index in [1.165, 1.54) is 0 Å². The average Bonchev–Trinajstić information content (AvgIpc) is 2.34. The van der Waals surface area contributed by atoms with Crippen molar-refractivity contribution < 1.29 is 14.7 Å². The van der Waals surface area contributed by atoms with Crippen LogP contribution >= 0.6 is 0 Å². The van der Waals surface area contributed by atoms with Crippen LogP contribution in [-0.4, -0.2) is 47.6 Å². The Hall–Kier alpha value is -1.88. The van der Waals surface area contributed by atoms with E-state index >= 15 is 0 Å². The Bertz CT molecular complexity index is 484. The molecule has 0 aromatic heterocycles. The van der Waals surface area contributed by atoms with E-state index in [1.54, 1.807) is 9.80 Å². The smallest absolute Gasteiger partial charge is 0.317 e. The van der Waals surface area contributed by atoms with Gasteiger partial charge in [-0.25, -0.2) is 0 Å². The molecular weight excluding hydrogens is 244 g/mol. The molecular formula is C14H18N2O3. The number of carboxylic acids is 1. The number of aryl methyl sites for hydroxylation is 1. The molecule has 1 amide bonds. The first-order chi connectivity index (χ1) is 8.97. The van der Waals surface area contributed by atoms with Crippen LogP contribution in [0.2, 0.25) is 0 Å². The molecule has 0 spiro atoms. The molecule has 0 aliphatic carbocycles. The van der Waals surface area contributed by atoms with E-state index in [4.69, 9.17) is 5.11 Å². The summed E-state index contributed by atoms with van der Waals surface area (Å²) in [5.74, 6) is -0.952. The second-order valence-electron chi connectivity index (χ2n) is 4.99. The molecule has 1 aromatic rings. The fraction of sp³-hybridized carbons (Fsp3) is 0.429. The van der Waals surface area contributed by atoms with Crippen LogP contribution in [-0.2, 0) is 9.59 Å². The molecule has 2 rings (SSSR count). The molecule has 0 bridgehead atoms. The SMILES string of the molecule is Cc1ccc(N2CC(C)N(CC(=O)O)CC2=O)cc1. The number of benzene rings is 1. The van der Waals surface area contributed by atoms with E-state index in [1.807, 2.05) is 38.1 Å². The maximum Gasteiger partial charge on any atom is 0.317 e. The van der Waals surface area contributed by atoms with Crippen molar-refractivity contribution >= 4 is 17.6 Å². The first kappa shape index (κ1) is 13.5. The van der Waals surface area contributed by atoms with Gasteiger partial charge in [-0.05, 0) is 26.0 Å². The van der Waals surface area contributed by atoms with Gasteiger partial charge in [0.15, 0.2) is 0 Å². The first-order valence-corrected chi connectivity index (χ1v) is 6.30. The molecule has 1 aliphatic heterocycles. The monoisotopic (exact) mass is 262 g/mol. The van der Waals surface area contributed by atoms with Crippen LogP contribution in [0.3, 0.4) is 0 Å². The van der Waals surface area contributed by atoms with Crippen LogP contribution < -0.4 is 4.90 Å². The number of amides is 1. The van der Waals surface area contributed by atoms with Crippen molar-refractivity contribution in [1.29, 1.82) is 0 Å². The predicted molar refractivity (Wildman–Crippen MR) is 72.2 cm³/mol. The Morgan fingerprint density at radius 3 is 2.58 bits per heavy atom. The number of piperazine rings is 1. The van der Waals surface area contributed by atoms with E-state index in [0.717, 1.165) is 11.3 Å². The molecule has 1 aromatic carbocycles. The average molecular weight is 262 g/mol. The van der Waals surface area contributed by atoms with Gasteiger partial charge in [0.25, 0.3) is 0 Å². The lowest BCUT2D eigenvalue weighted by Crippen LogP contribution is -2.56. The molecule has 0 radical (unpaired) electrons. The zero-order valence-corrected chi connectivity index (χ0v) is 11.2. The van der Waals surface area contributed by atoms with Crippen LogP contribution in [0.25, 0.3) is 0 Å². The summed E-state index contributed by atoms with van der Waals surface area (Å²) in [5.41, 5.74) is 2.02. The van der Waals surface area contributed by atoms with Crippen molar-refractivity contribution in [3.63, 3.8) is 0 Å². The minimum absolute atomic E-state index is 0.0371. The maximum atomic E-state index is 12.1. The van der Waals surface area contributed by atoms with Crippen molar-refractivity contribution in [3.8, 4) is 0 Å². The van der Waals surface area contributed by atoms with Gasteiger partial charge in [-0.2, -0.15) is 0 Å². The summed E-state index contributed by atoms with van der Waals surface area (Å²) in [7, 11) is 0. The van der Waals surface area contributed by atoms with Crippen LogP contribution in [0.5, 0.6) is 0 Å². The number of rotatable bonds is 3. The van der Waals surface area contributed by atoms with E-state index in [9.17, 15) is 9.59 Å². The third-order valence-electron chi connectivity index (χ3n) is 3.39. The molecule has 1 aliphatic rings. The van der Waals surface area contributed by atoms with Crippen LogP contribution in [0, 0.1) is 6.92 Å². The Kier molecular flexibility index (Phi) is 3.85. The molecule has 1 unspecified atom stereocenters. The van der Waals surface area contributed by atoms with Crippen LogP contribution in [0.15, 0.2) is 24.3 Å². The second-order valence-corrected chi connectivity index (χ2v) is 4.99. The summed E-state index contributed by atoms with van der Waals surface area (Å²) >= 11 is 0. The predicted octanol–water partition coefficient (Wildman–Crippen LogP) is 1.12. The minimum atomic E-state index is -0.900. The van der Waals surface area contributed by atoms with Crippen molar-refractivity contribution in [2.75, 3.05) is 24.5 Å². The number of nitrogens with zero attached hydrogens (tertiary/aromatic N) is 2. The minimum Gasteiger partial charge on any atom is -0.480 e. The largest absolute Gasteiger partial charge is 0.480 e.